The summed E-state index contributed by atoms with van der Waals surface area (Å²) < 4.78 is 0. The molecule has 0 aromatic heterocycles. The van der Waals surface area contributed by atoms with E-state index in [1.165, 1.54) is 0 Å². The predicted octanol–water partition coefficient (Wildman–Crippen LogP) is 5.52. The molecule has 1 N–H and O–H groups in total. The Kier molecular flexibility index (Phi) is 3.09. The van der Waals surface area contributed by atoms with Crippen molar-refractivity contribution in [3.05, 3.63) is 64.6 Å². The van der Waals surface area contributed by atoms with E-state index in [-0.39, 0.29) is 5.75 Å². The summed E-state index contributed by atoms with van der Waals surface area (Å²) in [6.45, 7) is 0. The number of phenolic OH excluding ortho intramolecular Hbond substituents is 1. The molecule has 0 saturated carbocycles. The molecule has 0 amide bonds. The van der Waals surface area contributed by atoms with Gasteiger partial charge in [0.2, 0.25) is 0 Å². The van der Waals surface area contributed by atoms with Crippen molar-refractivity contribution in [3.8, 4) is 16.9 Å². The zero-order valence-electron chi connectivity index (χ0n) is 9.90. The van der Waals surface area contributed by atoms with E-state index >= 15 is 0 Å². The molecular formula is C16H10Cl2O. The molecule has 3 rings (SSSR count). The monoisotopic (exact) mass is 288 g/mol. The molecule has 0 atom stereocenters. The maximum Gasteiger partial charge on any atom is 0.123 e. The topological polar surface area (TPSA) is 20.2 Å². The molecule has 94 valence electrons. The molecule has 0 fully saturated rings. The SMILES string of the molecule is Oc1cccc2c(Cl)c(-c3ccc(Cl)cc3)ccc12. The molecular weight excluding hydrogens is 279 g/mol. The fourth-order valence-electron chi connectivity index (χ4n) is 2.16. The average Bonchev–Trinajstić information content (AvgIpc) is 2.42. The van der Waals surface area contributed by atoms with Gasteiger partial charge in [-0.1, -0.05) is 53.5 Å². The van der Waals surface area contributed by atoms with Gasteiger partial charge < -0.3 is 5.11 Å². The Bertz CT molecular complexity index is 749. The Labute approximate surface area is 121 Å². The van der Waals surface area contributed by atoms with E-state index in [1.54, 1.807) is 12.1 Å². The van der Waals surface area contributed by atoms with Gasteiger partial charge in [0.05, 0.1) is 5.02 Å². The predicted molar refractivity (Wildman–Crippen MR) is 81.1 cm³/mol. The minimum atomic E-state index is 0.238. The van der Waals surface area contributed by atoms with E-state index in [2.05, 4.69) is 0 Å². The van der Waals surface area contributed by atoms with E-state index in [0.717, 1.165) is 21.9 Å². The lowest BCUT2D eigenvalue weighted by Gasteiger charge is -2.09. The zero-order chi connectivity index (χ0) is 13.4. The van der Waals surface area contributed by atoms with Gasteiger partial charge in [-0.15, -0.1) is 0 Å². The second-order valence-corrected chi connectivity index (χ2v) is 5.12. The standard InChI is InChI=1S/C16H10Cl2O/c17-11-6-4-10(5-7-11)12-8-9-13-14(16(12)18)2-1-3-15(13)19/h1-9,19H. The number of halogens is 2. The number of aromatic hydroxyl groups is 1. The number of rotatable bonds is 1. The first-order valence-electron chi connectivity index (χ1n) is 5.83. The number of benzene rings is 3. The van der Waals surface area contributed by atoms with Crippen molar-refractivity contribution in [2.24, 2.45) is 0 Å². The smallest absolute Gasteiger partial charge is 0.123 e. The van der Waals surface area contributed by atoms with Crippen LogP contribution in [0.5, 0.6) is 5.75 Å². The quantitative estimate of drug-likeness (QED) is 0.625. The van der Waals surface area contributed by atoms with Crippen LogP contribution in [0.3, 0.4) is 0 Å². The minimum Gasteiger partial charge on any atom is -0.507 e. The van der Waals surface area contributed by atoms with Crippen LogP contribution in [-0.4, -0.2) is 5.11 Å². The van der Waals surface area contributed by atoms with Crippen molar-refractivity contribution in [1.82, 2.24) is 0 Å². The Morgan fingerprint density at radius 1 is 0.737 bits per heavy atom. The lowest BCUT2D eigenvalue weighted by molar-refractivity contribution is 0.481. The highest BCUT2D eigenvalue weighted by Gasteiger charge is 2.09. The van der Waals surface area contributed by atoms with Crippen LogP contribution < -0.4 is 0 Å². The third-order valence-electron chi connectivity index (χ3n) is 3.13. The summed E-state index contributed by atoms with van der Waals surface area (Å²) in [7, 11) is 0. The number of hydrogen-bond acceptors (Lipinski definition) is 1. The summed E-state index contributed by atoms with van der Waals surface area (Å²) in [5, 5.41) is 12.7. The Morgan fingerprint density at radius 2 is 1.47 bits per heavy atom. The van der Waals surface area contributed by atoms with Gasteiger partial charge in [-0.3, -0.25) is 0 Å². The summed E-state index contributed by atoms with van der Waals surface area (Å²) in [5.74, 6) is 0.238. The van der Waals surface area contributed by atoms with E-state index < -0.39 is 0 Å². The summed E-state index contributed by atoms with van der Waals surface area (Å²) >= 11 is 12.3. The third kappa shape index (κ3) is 2.16. The van der Waals surface area contributed by atoms with Crippen molar-refractivity contribution in [3.63, 3.8) is 0 Å². The van der Waals surface area contributed by atoms with E-state index in [9.17, 15) is 5.11 Å². The Hall–Kier alpha value is -1.70. The summed E-state index contributed by atoms with van der Waals surface area (Å²) in [6.07, 6.45) is 0. The van der Waals surface area contributed by atoms with Crippen LogP contribution >= 0.6 is 23.2 Å². The van der Waals surface area contributed by atoms with Crippen molar-refractivity contribution >= 4 is 34.0 Å². The molecule has 0 unspecified atom stereocenters. The average molecular weight is 289 g/mol. The van der Waals surface area contributed by atoms with Crippen molar-refractivity contribution in [2.75, 3.05) is 0 Å². The third-order valence-corrected chi connectivity index (χ3v) is 3.79. The Balaban J connectivity index is 2.26. The molecule has 0 saturated heterocycles. The van der Waals surface area contributed by atoms with Crippen LogP contribution in [0.1, 0.15) is 0 Å². The van der Waals surface area contributed by atoms with E-state index in [0.29, 0.717) is 10.0 Å². The van der Waals surface area contributed by atoms with Gasteiger partial charge in [0, 0.05) is 21.4 Å². The molecule has 0 radical (unpaired) electrons. The lowest BCUT2D eigenvalue weighted by atomic mass is 10.0. The second-order valence-electron chi connectivity index (χ2n) is 4.31. The van der Waals surface area contributed by atoms with Crippen LogP contribution in [0.2, 0.25) is 10.0 Å². The first-order valence-corrected chi connectivity index (χ1v) is 6.58. The highest BCUT2D eigenvalue weighted by molar-refractivity contribution is 6.38. The van der Waals surface area contributed by atoms with E-state index in [4.69, 9.17) is 23.2 Å². The largest absolute Gasteiger partial charge is 0.507 e. The Morgan fingerprint density at radius 3 is 2.21 bits per heavy atom. The fraction of sp³-hybridized carbons (Fsp3) is 0. The maximum atomic E-state index is 9.82. The molecule has 0 heterocycles. The van der Waals surface area contributed by atoms with Crippen molar-refractivity contribution < 1.29 is 5.11 Å². The van der Waals surface area contributed by atoms with Crippen molar-refractivity contribution in [2.45, 2.75) is 0 Å². The second kappa shape index (κ2) is 4.76. The highest BCUT2D eigenvalue weighted by Crippen LogP contribution is 2.37. The summed E-state index contributed by atoms with van der Waals surface area (Å²) in [4.78, 5) is 0. The molecule has 3 heteroatoms. The van der Waals surface area contributed by atoms with Gasteiger partial charge in [-0.05, 0) is 29.8 Å². The van der Waals surface area contributed by atoms with Crippen LogP contribution in [-0.2, 0) is 0 Å². The number of phenols is 1. The van der Waals surface area contributed by atoms with Crippen LogP contribution in [0.4, 0.5) is 0 Å². The number of fused-ring (bicyclic) bond motifs is 1. The van der Waals surface area contributed by atoms with Gasteiger partial charge in [0.15, 0.2) is 0 Å². The minimum absolute atomic E-state index is 0.238. The molecule has 0 spiro atoms. The molecule has 0 aliphatic rings. The summed E-state index contributed by atoms with van der Waals surface area (Å²) in [6, 6.07) is 16.6. The molecule has 3 aromatic carbocycles. The summed E-state index contributed by atoms with van der Waals surface area (Å²) in [5.41, 5.74) is 1.93. The molecule has 1 nitrogen and oxygen atoms in total. The molecule has 0 aliphatic heterocycles. The highest BCUT2D eigenvalue weighted by atomic mass is 35.5. The van der Waals surface area contributed by atoms with Gasteiger partial charge >= 0.3 is 0 Å². The van der Waals surface area contributed by atoms with Gasteiger partial charge in [0.25, 0.3) is 0 Å². The lowest BCUT2D eigenvalue weighted by Crippen LogP contribution is -1.82. The fourth-order valence-corrected chi connectivity index (χ4v) is 2.62. The van der Waals surface area contributed by atoms with E-state index in [1.807, 2.05) is 42.5 Å². The first kappa shape index (κ1) is 12.3. The van der Waals surface area contributed by atoms with Gasteiger partial charge in [-0.2, -0.15) is 0 Å². The van der Waals surface area contributed by atoms with Crippen LogP contribution in [0, 0.1) is 0 Å². The molecule has 0 bridgehead atoms. The number of hydrogen-bond donors (Lipinski definition) is 1. The molecule has 3 aromatic rings. The van der Waals surface area contributed by atoms with Crippen LogP contribution in [0.15, 0.2) is 54.6 Å². The first-order chi connectivity index (χ1) is 9.16. The van der Waals surface area contributed by atoms with Crippen LogP contribution in [0.25, 0.3) is 21.9 Å². The maximum absolute atomic E-state index is 9.82. The van der Waals surface area contributed by atoms with Crippen molar-refractivity contribution in [1.29, 1.82) is 0 Å². The van der Waals surface area contributed by atoms with Gasteiger partial charge in [0.1, 0.15) is 5.75 Å². The molecule has 0 aliphatic carbocycles. The normalized spacial score (nSPS) is 10.8. The van der Waals surface area contributed by atoms with Gasteiger partial charge in [-0.25, -0.2) is 0 Å². The molecule has 19 heavy (non-hydrogen) atoms. The zero-order valence-corrected chi connectivity index (χ0v) is 11.4.